The molecule has 1 aliphatic carbocycles. The highest BCUT2D eigenvalue weighted by atomic mass is 32.2. The highest BCUT2D eigenvalue weighted by Crippen LogP contribution is 2.48. The van der Waals surface area contributed by atoms with Gasteiger partial charge in [-0.3, -0.25) is 9.52 Å². The van der Waals surface area contributed by atoms with Crippen LogP contribution in [0.3, 0.4) is 0 Å². The van der Waals surface area contributed by atoms with Crippen LogP contribution in [0.25, 0.3) is 0 Å². The van der Waals surface area contributed by atoms with Crippen molar-refractivity contribution in [2.75, 3.05) is 18.4 Å². The highest BCUT2D eigenvalue weighted by Gasteiger charge is 2.51. The average molecular weight is 517 g/mol. The molecule has 8 nitrogen and oxygen atoms in total. The molecule has 1 saturated carbocycles. The third-order valence-electron chi connectivity index (χ3n) is 5.30. The van der Waals surface area contributed by atoms with Gasteiger partial charge >= 0.3 is 12.1 Å². The zero-order valence-electron chi connectivity index (χ0n) is 19.2. The summed E-state index contributed by atoms with van der Waals surface area (Å²) in [5, 5.41) is 10.1. The third kappa shape index (κ3) is 7.61. The normalized spacial score (nSPS) is 14.2. The summed E-state index contributed by atoms with van der Waals surface area (Å²) >= 11 is 0. The van der Waals surface area contributed by atoms with Crippen LogP contribution >= 0.6 is 0 Å². The van der Waals surface area contributed by atoms with Gasteiger partial charge in [0.15, 0.2) is 0 Å². The summed E-state index contributed by atoms with van der Waals surface area (Å²) in [6.45, 7) is 2.78. The lowest BCUT2D eigenvalue weighted by atomic mass is 9.94. The number of benzene rings is 2. The van der Waals surface area contributed by atoms with Crippen LogP contribution in [0.1, 0.15) is 38.2 Å². The smallest absolute Gasteiger partial charge is 0.490 e. The first kappa shape index (κ1) is 28.0. The van der Waals surface area contributed by atoms with Crippen LogP contribution in [0.15, 0.2) is 53.4 Å². The van der Waals surface area contributed by atoms with Crippen molar-refractivity contribution in [1.29, 1.82) is 0 Å². The molecule has 2 aromatic rings. The van der Waals surface area contributed by atoms with E-state index in [4.69, 9.17) is 14.6 Å². The number of carboxylic acids is 1. The summed E-state index contributed by atoms with van der Waals surface area (Å²) in [5.74, 6) is -2.10. The Kier molecular flexibility index (Phi) is 9.13. The fraction of sp³-hybridized carbons (Fsp3) is 0.391. The van der Waals surface area contributed by atoms with Crippen molar-refractivity contribution in [2.24, 2.45) is 0 Å². The predicted molar refractivity (Wildman–Crippen MR) is 123 cm³/mol. The second kappa shape index (κ2) is 11.4. The number of aliphatic carboxylic acids is 1. The maximum atomic E-state index is 12.5. The van der Waals surface area contributed by atoms with Gasteiger partial charge in [0, 0.05) is 12.2 Å². The van der Waals surface area contributed by atoms with Gasteiger partial charge in [0.25, 0.3) is 10.0 Å². The molecule has 0 radical (unpaired) electrons. The summed E-state index contributed by atoms with van der Waals surface area (Å²) in [7, 11) is -2.16. The van der Waals surface area contributed by atoms with E-state index in [0.717, 1.165) is 31.2 Å². The van der Waals surface area contributed by atoms with E-state index in [2.05, 4.69) is 17.0 Å². The van der Waals surface area contributed by atoms with Crippen molar-refractivity contribution in [2.45, 2.75) is 49.1 Å². The molecule has 1 aliphatic rings. The number of nitrogens with one attached hydrogen (secondary N) is 2. The van der Waals surface area contributed by atoms with Crippen molar-refractivity contribution >= 4 is 27.6 Å². The Hall–Kier alpha value is -3.28. The van der Waals surface area contributed by atoms with Gasteiger partial charge < -0.3 is 15.2 Å². The molecule has 0 aromatic heterocycles. The number of ether oxygens (including phenoxy) is 1. The number of halogens is 3. The molecular formula is C23H27F3N2O6S. The molecule has 1 fully saturated rings. The molecule has 0 aliphatic heterocycles. The van der Waals surface area contributed by atoms with E-state index in [9.17, 15) is 26.4 Å². The maximum Gasteiger partial charge on any atom is 0.490 e. The molecule has 0 spiro atoms. The van der Waals surface area contributed by atoms with Crippen LogP contribution in [0.5, 0.6) is 5.75 Å². The Morgan fingerprint density at radius 1 is 1.06 bits per heavy atom. The summed E-state index contributed by atoms with van der Waals surface area (Å²) in [6, 6.07) is 13.3. The largest absolute Gasteiger partial charge is 0.497 e. The second-order valence-electron chi connectivity index (χ2n) is 7.85. The molecule has 2 aromatic carbocycles. The lowest BCUT2D eigenvalue weighted by molar-refractivity contribution is -0.192. The summed E-state index contributed by atoms with van der Waals surface area (Å²) in [6.07, 6.45) is -1.44. The van der Waals surface area contributed by atoms with Crippen LogP contribution in [0.4, 0.5) is 18.9 Å². The molecule has 3 N–H and O–H groups in total. The van der Waals surface area contributed by atoms with E-state index in [0.29, 0.717) is 18.0 Å². The van der Waals surface area contributed by atoms with E-state index in [1.165, 1.54) is 19.2 Å². The molecule has 0 bridgehead atoms. The molecule has 0 heterocycles. The minimum atomic E-state index is -5.08. The number of hydrogen-bond donors (Lipinski definition) is 3. The number of hydrogen-bond acceptors (Lipinski definition) is 5. The number of methoxy groups -OCH3 is 1. The second-order valence-corrected chi connectivity index (χ2v) is 9.54. The quantitative estimate of drug-likeness (QED) is 0.432. The molecule has 192 valence electrons. The number of carbonyl (C=O) groups is 2. The number of unbranched alkanes of at least 4 members (excludes halogenated alkanes) is 1. The third-order valence-corrected chi connectivity index (χ3v) is 6.70. The minimum absolute atomic E-state index is 0.0625. The Morgan fingerprint density at radius 2 is 1.60 bits per heavy atom. The Balaban J connectivity index is 0.000000540. The summed E-state index contributed by atoms with van der Waals surface area (Å²) in [4.78, 5) is 21.6. The molecule has 1 amide bonds. The number of anilines is 1. The van der Waals surface area contributed by atoms with Gasteiger partial charge in [-0.15, -0.1) is 0 Å². The summed E-state index contributed by atoms with van der Waals surface area (Å²) < 4.78 is 64.4. The van der Waals surface area contributed by atoms with Crippen LogP contribution in [-0.2, 0) is 25.0 Å². The van der Waals surface area contributed by atoms with Crippen molar-refractivity contribution < 1.29 is 41.0 Å². The zero-order valence-corrected chi connectivity index (χ0v) is 20.0. The molecule has 0 saturated heterocycles. The molecule has 12 heteroatoms. The maximum absolute atomic E-state index is 12.5. The van der Waals surface area contributed by atoms with Crippen LogP contribution in [-0.4, -0.2) is 45.2 Å². The Bertz CT molecular complexity index is 1110. The number of amides is 1. The molecule has 0 atom stereocenters. The number of carbonyl (C=O) groups excluding carboxylic acids is 1. The highest BCUT2D eigenvalue weighted by molar-refractivity contribution is 7.92. The van der Waals surface area contributed by atoms with Crippen LogP contribution in [0.2, 0.25) is 0 Å². The number of alkyl halides is 3. The predicted octanol–water partition coefficient (Wildman–Crippen LogP) is 4.08. The molecule has 0 unspecified atom stereocenters. The lowest BCUT2D eigenvalue weighted by Crippen LogP contribution is -2.35. The Labute approximate surface area is 201 Å². The van der Waals surface area contributed by atoms with Crippen molar-refractivity contribution in [1.82, 2.24) is 5.32 Å². The lowest BCUT2D eigenvalue weighted by Gasteiger charge is -2.16. The van der Waals surface area contributed by atoms with Crippen molar-refractivity contribution in [3.63, 3.8) is 0 Å². The van der Waals surface area contributed by atoms with Crippen LogP contribution in [0, 0.1) is 0 Å². The molecular weight excluding hydrogens is 489 g/mol. The van der Waals surface area contributed by atoms with Gasteiger partial charge in [0.05, 0.1) is 17.4 Å². The molecule has 3 rings (SSSR count). The fourth-order valence-electron chi connectivity index (χ4n) is 3.15. The van der Waals surface area contributed by atoms with Gasteiger partial charge in [-0.1, -0.05) is 25.5 Å². The van der Waals surface area contributed by atoms with E-state index in [-0.39, 0.29) is 10.8 Å². The van der Waals surface area contributed by atoms with Gasteiger partial charge in [-0.2, -0.15) is 13.2 Å². The van der Waals surface area contributed by atoms with Gasteiger partial charge in [-0.05, 0) is 61.2 Å². The number of rotatable bonds is 9. The SMILES string of the molecule is CCCCNC(=O)C1(c2ccc(NS(=O)(=O)c3ccc(OC)cc3)cc2)CC1.O=C(O)C(F)(F)F. The van der Waals surface area contributed by atoms with E-state index in [1.807, 2.05) is 12.1 Å². The first-order valence-electron chi connectivity index (χ1n) is 10.7. The van der Waals surface area contributed by atoms with Crippen LogP contribution < -0.4 is 14.8 Å². The topological polar surface area (TPSA) is 122 Å². The molecule has 35 heavy (non-hydrogen) atoms. The van der Waals surface area contributed by atoms with Crippen molar-refractivity contribution in [3.8, 4) is 5.75 Å². The number of sulfonamides is 1. The van der Waals surface area contributed by atoms with E-state index >= 15 is 0 Å². The van der Waals surface area contributed by atoms with E-state index < -0.39 is 27.6 Å². The minimum Gasteiger partial charge on any atom is -0.497 e. The first-order chi connectivity index (χ1) is 16.4. The van der Waals surface area contributed by atoms with E-state index in [1.54, 1.807) is 24.3 Å². The van der Waals surface area contributed by atoms with Gasteiger partial charge in [0.2, 0.25) is 5.91 Å². The van der Waals surface area contributed by atoms with Crippen molar-refractivity contribution in [3.05, 3.63) is 54.1 Å². The monoisotopic (exact) mass is 516 g/mol. The Morgan fingerprint density at radius 3 is 2.03 bits per heavy atom. The van der Waals surface area contributed by atoms with Gasteiger partial charge in [-0.25, -0.2) is 13.2 Å². The van der Waals surface area contributed by atoms with Gasteiger partial charge in [0.1, 0.15) is 5.75 Å². The summed E-state index contributed by atoms with van der Waals surface area (Å²) in [5.41, 5.74) is 0.928. The number of carboxylic acid groups (broad SMARTS) is 1. The zero-order chi connectivity index (χ0) is 26.3. The average Bonchev–Trinajstić information content (AvgIpc) is 3.61. The standard InChI is InChI=1S/C21H26N2O4S.C2HF3O2/c1-3-4-15-22-20(24)21(13-14-21)16-5-7-17(8-6-16)23-28(25,26)19-11-9-18(27-2)10-12-19;3-2(4,5)1(6)7/h5-12,23H,3-4,13-15H2,1-2H3,(H,22,24);(H,6,7). The first-order valence-corrected chi connectivity index (χ1v) is 12.2. The fourth-order valence-corrected chi connectivity index (χ4v) is 4.20.